The highest BCUT2D eigenvalue weighted by Gasteiger charge is 2.11. The van der Waals surface area contributed by atoms with Gasteiger partial charge in [-0.1, -0.05) is 18.2 Å². The van der Waals surface area contributed by atoms with Crippen molar-refractivity contribution in [2.24, 2.45) is 5.73 Å². The fourth-order valence-corrected chi connectivity index (χ4v) is 2.45. The Labute approximate surface area is 109 Å². The summed E-state index contributed by atoms with van der Waals surface area (Å²) in [5.74, 6) is -0.177. The maximum atomic E-state index is 13.4. The summed E-state index contributed by atoms with van der Waals surface area (Å²) in [6.45, 7) is 1.87. The van der Waals surface area contributed by atoms with Crippen LogP contribution in [0.25, 0.3) is 0 Å². The highest BCUT2D eigenvalue weighted by molar-refractivity contribution is 7.99. The van der Waals surface area contributed by atoms with E-state index in [2.05, 4.69) is 0 Å². The summed E-state index contributed by atoms with van der Waals surface area (Å²) in [6.07, 6.45) is 0.173. The zero-order valence-corrected chi connectivity index (χ0v) is 10.8. The first-order valence-corrected chi connectivity index (χ1v) is 6.51. The van der Waals surface area contributed by atoms with Crippen LogP contribution in [0.2, 0.25) is 0 Å². The van der Waals surface area contributed by atoms with Crippen LogP contribution in [0.1, 0.15) is 24.2 Å². The molecule has 0 aliphatic carbocycles. The number of nitrogens with one attached hydrogen (secondary N) is 1. The van der Waals surface area contributed by atoms with Gasteiger partial charge in [0.15, 0.2) is 0 Å². The largest absolute Gasteiger partial charge is 0.351 e. The molecule has 0 heterocycles. The normalized spacial score (nSPS) is 11.9. The average Bonchev–Trinajstić information content (AvgIpc) is 2.28. The summed E-state index contributed by atoms with van der Waals surface area (Å²) < 4.78 is 13.4. The molecule has 3 amide bonds. The number of rotatable bonds is 5. The summed E-state index contributed by atoms with van der Waals surface area (Å²) in [6, 6.07) is 5.68. The number of nitrogens with two attached hydrogens (primary N) is 1. The molecular formula is C12H15FN2O2S. The van der Waals surface area contributed by atoms with Gasteiger partial charge in [0, 0.05) is 23.0 Å². The second-order valence-electron chi connectivity index (χ2n) is 3.70. The van der Waals surface area contributed by atoms with Crippen LogP contribution >= 0.6 is 11.8 Å². The van der Waals surface area contributed by atoms with Gasteiger partial charge in [-0.05, 0) is 13.0 Å². The molecule has 0 fully saturated rings. The van der Waals surface area contributed by atoms with E-state index >= 15 is 0 Å². The maximum absolute atomic E-state index is 13.4. The zero-order valence-electron chi connectivity index (χ0n) is 9.98. The van der Waals surface area contributed by atoms with E-state index in [0.717, 1.165) is 0 Å². The van der Waals surface area contributed by atoms with Gasteiger partial charge in [-0.2, -0.15) is 11.8 Å². The molecule has 18 heavy (non-hydrogen) atoms. The first-order valence-electron chi connectivity index (χ1n) is 5.46. The number of halogens is 1. The van der Waals surface area contributed by atoms with E-state index in [-0.39, 0.29) is 17.5 Å². The van der Waals surface area contributed by atoms with E-state index in [0.29, 0.717) is 11.3 Å². The third kappa shape index (κ3) is 4.75. The number of carbonyl (C=O) groups is 2. The molecule has 1 aromatic rings. The molecule has 0 aliphatic rings. The second-order valence-corrected chi connectivity index (χ2v) is 5.15. The van der Waals surface area contributed by atoms with Crippen molar-refractivity contribution in [3.8, 4) is 0 Å². The molecule has 0 saturated heterocycles. The van der Waals surface area contributed by atoms with Crippen LogP contribution in [0.5, 0.6) is 0 Å². The Balaban J connectivity index is 2.38. The minimum absolute atomic E-state index is 0.0485. The first-order chi connectivity index (χ1) is 8.50. The number of imide groups is 1. The Bertz CT molecular complexity index is 440. The van der Waals surface area contributed by atoms with E-state index in [1.54, 1.807) is 18.2 Å². The lowest BCUT2D eigenvalue weighted by molar-refractivity contribution is -0.119. The van der Waals surface area contributed by atoms with Gasteiger partial charge in [-0.15, -0.1) is 0 Å². The summed E-state index contributed by atoms with van der Waals surface area (Å²) in [5.41, 5.74) is 5.42. The number of benzene rings is 1. The highest BCUT2D eigenvalue weighted by atomic mass is 32.2. The number of urea groups is 1. The van der Waals surface area contributed by atoms with Crippen LogP contribution in [0.15, 0.2) is 24.3 Å². The van der Waals surface area contributed by atoms with Gasteiger partial charge >= 0.3 is 6.03 Å². The molecule has 0 aromatic heterocycles. The third-order valence-corrected chi connectivity index (χ3v) is 3.50. The molecular weight excluding hydrogens is 255 g/mol. The number of carbonyl (C=O) groups excluding carboxylic acids is 2. The molecule has 6 heteroatoms. The van der Waals surface area contributed by atoms with Crippen LogP contribution in [0.4, 0.5) is 9.18 Å². The van der Waals surface area contributed by atoms with Gasteiger partial charge in [0.05, 0.1) is 0 Å². The van der Waals surface area contributed by atoms with Gasteiger partial charge in [0.1, 0.15) is 5.82 Å². The van der Waals surface area contributed by atoms with Crippen molar-refractivity contribution in [3.05, 3.63) is 35.6 Å². The quantitative estimate of drug-likeness (QED) is 0.861. The Hall–Kier alpha value is -1.56. The number of thioether (sulfide) groups is 1. The predicted octanol–water partition coefficient (Wildman–Crippen LogP) is 2.20. The van der Waals surface area contributed by atoms with Crippen LogP contribution in [-0.4, -0.2) is 17.7 Å². The Kier molecular flexibility index (Phi) is 5.64. The second kappa shape index (κ2) is 7.00. The van der Waals surface area contributed by atoms with Gasteiger partial charge in [0.2, 0.25) is 5.91 Å². The molecule has 0 unspecified atom stereocenters. The van der Waals surface area contributed by atoms with Crippen molar-refractivity contribution < 1.29 is 14.0 Å². The lowest BCUT2D eigenvalue weighted by atomic mass is 10.1. The van der Waals surface area contributed by atoms with Crippen molar-refractivity contribution in [1.29, 1.82) is 0 Å². The average molecular weight is 270 g/mol. The molecule has 4 nitrogen and oxygen atoms in total. The summed E-state index contributed by atoms with van der Waals surface area (Å²) in [5, 5.41) is 1.93. The SMILES string of the molecule is C[C@@H](SCCC(=O)NC(N)=O)c1ccccc1F. The number of hydrogen-bond acceptors (Lipinski definition) is 3. The molecule has 0 saturated carbocycles. The molecule has 0 aliphatic heterocycles. The molecule has 1 atom stereocenters. The predicted molar refractivity (Wildman–Crippen MR) is 69.6 cm³/mol. The Morgan fingerprint density at radius 2 is 2.11 bits per heavy atom. The van der Waals surface area contributed by atoms with Crippen molar-refractivity contribution in [1.82, 2.24) is 5.32 Å². The van der Waals surface area contributed by atoms with Crippen LogP contribution in [0.3, 0.4) is 0 Å². The topological polar surface area (TPSA) is 72.2 Å². The number of hydrogen-bond donors (Lipinski definition) is 2. The van der Waals surface area contributed by atoms with Crippen molar-refractivity contribution >= 4 is 23.7 Å². The van der Waals surface area contributed by atoms with E-state index < -0.39 is 11.9 Å². The lowest BCUT2D eigenvalue weighted by Gasteiger charge is -2.12. The molecule has 98 valence electrons. The first kappa shape index (κ1) is 14.5. The Morgan fingerprint density at radius 3 is 2.72 bits per heavy atom. The van der Waals surface area contributed by atoms with Gasteiger partial charge < -0.3 is 5.73 Å². The fraction of sp³-hybridized carbons (Fsp3) is 0.333. The monoisotopic (exact) mass is 270 g/mol. The molecule has 1 rings (SSSR count). The fourth-order valence-electron chi connectivity index (χ4n) is 1.42. The third-order valence-electron chi connectivity index (χ3n) is 2.30. The minimum atomic E-state index is -0.854. The molecule has 3 N–H and O–H groups in total. The van der Waals surface area contributed by atoms with Crippen LogP contribution in [-0.2, 0) is 4.79 Å². The molecule has 0 bridgehead atoms. The molecule has 0 radical (unpaired) electrons. The molecule has 0 spiro atoms. The van der Waals surface area contributed by atoms with Crippen LogP contribution in [0, 0.1) is 5.82 Å². The van der Waals surface area contributed by atoms with E-state index in [1.165, 1.54) is 17.8 Å². The van der Waals surface area contributed by atoms with Crippen molar-refractivity contribution in [2.45, 2.75) is 18.6 Å². The van der Waals surface area contributed by atoms with Crippen molar-refractivity contribution in [2.75, 3.05) is 5.75 Å². The van der Waals surface area contributed by atoms with Gasteiger partial charge in [0.25, 0.3) is 0 Å². The smallest absolute Gasteiger partial charge is 0.318 e. The Morgan fingerprint density at radius 1 is 1.44 bits per heavy atom. The van der Waals surface area contributed by atoms with E-state index in [1.807, 2.05) is 12.2 Å². The number of primary amides is 1. The minimum Gasteiger partial charge on any atom is -0.351 e. The van der Waals surface area contributed by atoms with E-state index in [9.17, 15) is 14.0 Å². The summed E-state index contributed by atoms with van der Waals surface area (Å²) in [4.78, 5) is 21.5. The van der Waals surface area contributed by atoms with E-state index in [4.69, 9.17) is 5.73 Å². The van der Waals surface area contributed by atoms with Gasteiger partial charge in [-0.25, -0.2) is 9.18 Å². The van der Waals surface area contributed by atoms with Crippen molar-refractivity contribution in [3.63, 3.8) is 0 Å². The van der Waals surface area contributed by atoms with Gasteiger partial charge in [-0.3, -0.25) is 10.1 Å². The highest BCUT2D eigenvalue weighted by Crippen LogP contribution is 2.30. The molecule has 1 aromatic carbocycles. The maximum Gasteiger partial charge on any atom is 0.318 e. The van der Waals surface area contributed by atoms with Crippen LogP contribution < -0.4 is 11.1 Å². The zero-order chi connectivity index (χ0) is 13.5. The summed E-state index contributed by atoms with van der Waals surface area (Å²) >= 11 is 1.45. The summed E-state index contributed by atoms with van der Waals surface area (Å²) in [7, 11) is 0. The number of amides is 3. The standard InChI is InChI=1S/C12H15FN2O2S/c1-8(9-4-2-3-5-10(9)13)18-7-6-11(16)15-12(14)17/h2-5,8H,6-7H2,1H3,(H3,14,15,16,17)/t8-/m1/s1. The lowest BCUT2D eigenvalue weighted by Crippen LogP contribution is -2.35.